The quantitative estimate of drug-likeness (QED) is 0.382. The Kier molecular flexibility index (Phi) is 8.44. The molecule has 152 valence electrons. The Labute approximate surface area is 167 Å². The van der Waals surface area contributed by atoms with Gasteiger partial charge >= 0.3 is 0 Å². The van der Waals surface area contributed by atoms with Crippen LogP contribution in [-0.2, 0) is 22.1 Å². The first-order valence-corrected chi connectivity index (χ1v) is 11.2. The van der Waals surface area contributed by atoms with E-state index in [1.54, 1.807) is 13.0 Å². The maximum absolute atomic E-state index is 13.6. The zero-order chi connectivity index (χ0) is 20.4. The summed E-state index contributed by atoms with van der Waals surface area (Å²) in [6, 6.07) is 14.3. The molecular weight excluding hydrogens is 377 g/mol. The van der Waals surface area contributed by atoms with Crippen LogP contribution in [0.5, 0.6) is 0 Å². The SMILES string of the molecule is CCNC(=NCc1ccc(C)c(F)c1)NCCCS(=O)(=O)Cc1ccccc1. The number of nitrogens with zero attached hydrogens (tertiary/aromatic N) is 1. The Balaban J connectivity index is 1.82. The number of guanidine groups is 1. The third-order valence-corrected chi connectivity index (χ3v) is 5.84. The number of sulfone groups is 1. The fourth-order valence-electron chi connectivity index (χ4n) is 2.65. The fraction of sp³-hybridized carbons (Fsp3) is 0.381. The van der Waals surface area contributed by atoms with Gasteiger partial charge in [0.25, 0.3) is 0 Å². The summed E-state index contributed by atoms with van der Waals surface area (Å²) < 4.78 is 38.1. The van der Waals surface area contributed by atoms with Crippen LogP contribution in [0, 0.1) is 12.7 Å². The van der Waals surface area contributed by atoms with E-state index < -0.39 is 9.84 Å². The highest BCUT2D eigenvalue weighted by Crippen LogP contribution is 2.10. The van der Waals surface area contributed by atoms with Gasteiger partial charge in [-0.25, -0.2) is 17.8 Å². The van der Waals surface area contributed by atoms with E-state index in [4.69, 9.17) is 0 Å². The van der Waals surface area contributed by atoms with Crippen molar-refractivity contribution >= 4 is 15.8 Å². The number of hydrogen-bond acceptors (Lipinski definition) is 3. The van der Waals surface area contributed by atoms with Crippen LogP contribution in [0.25, 0.3) is 0 Å². The standard InChI is InChI=1S/C21H28FN3O2S/c1-3-23-21(25-15-19-11-10-17(2)20(22)14-19)24-12-7-13-28(26,27)16-18-8-5-4-6-9-18/h4-6,8-11,14H,3,7,12-13,15-16H2,1-2H3,(H2,23,24,25). The molecule has 0 aliphatic carbocycles. The molecule has 2 rings (SSSR count). The summed E-state index contributed by atoms with van der Waals surface area (Å²) in [6.07, 6.45) is 0.485. The summed E-state index contributed by atoms with van der Waals surface area (Å²) in [6.45, 7) is 5.19. The van der Waals surface area contributed by atoms with E-state index in [2.05, 4.69) is 15.6 Å². The highest BCUT2D eigenvalue weighted by atomic mass is 32.2. The maximum atomic E-state index is 13.6. The van der Waals surface area contributed by atoms with E-state index in [0.717, 1.165) is 11.1 Å². The van der Waals surface area contributed by atoms with E-state index in [1.165, 1.54) is 6.07 Å². The number of nitrogens with one attached hydrogen (secondary N) is 2. The van der Waals surface area contributed by atoms with Crippen molar-refractivity contribution in [3.05, 3.63) is 71.0 Å². The number of rotatable bonds is 9. The minimum atomic E-state index is -3.15. The summed E-state index contributed by atoms with van der Waals surface area (Å²) >= 11 is 0. The van der Waals surface area contributed by atoms with E-state index in [0.29, 0.717) is 37.6 Å². The van der Waals surface area contributed by atoms with Gasteiger partial charge in [-0.3, -0.25) is 0 Å². The molecule has 0 amide bonds. The molecule has 7 heteroatoms. The lowest BCUT2D eigenvalue weighted by atomic mass is 10.1. The van der Waals surface area contributed by atoms with Crippen molar-refractivity contribution in [3.8, 4) is 0 Å². The molecule has 0 heterocycles. The van der Waals surface area contributed by atoms with Crippen LogP contribution in [0.1, 0.15) is 30.0 Å². The van der Waals surface area contributed by atoms with Gasteiger partial charge in [-0.15, -0.1) is 0 Å². The monoisotopic (exact) mass is 405 g/mol. The maximum Gasteiger partial charge on any atom is 0.191 e. The largest absolute Gasteiger partial charge is 0.357 e. The number of halogens is 1. The van der Waals surface area contributed by atoms with Gasteiger partial charge in [0.05, 0.1) is 18.1 Å². The zero-order valence-corrected chi connectivity index (χ0v) is 17.2. The summed E-state index contributed by atoms with van der Waals surface area (Å²) in [4.78, 5) is 4.43. The predicted octanol–water partition coefficient (Wildman–Crippen LogP) is 3.19. The van der Waals surface area contributed by atoms with Crippen molar-refractivity contribution in [1.29, 1.82) is 0 Å². The number of aryl methyl sites for hydroxylation is 1. The highest BCUT2D eigenvalue weighted by molar-refractivity contribution is 7.90. The second-order valence-electron chi connectivity index (χ2n) is 6.64. The molecule has 0 aliphatic heterocycles. The van der Waals surface area contributed by atoms with Gasteiger partial charge < -0.3 is 10.6 Å². The molecule has 0 unspecified atom stereocenters. The molecule has 0 saturated heterocycles. The van der Waals surface area contributed by atoms with Crippen molar-refractivity contribution in [2.75, 3.05) is 18.8 Å². The van der Waals surface area contributed by atoms with Gasteiger partial charge in [0, 0.05) is 13.1 Å². The molecule has 2 aromatic carbocycles. The van der Waals surface area contributed by atoms with Crippen molar-refractivity contribution in [2.24, 2.45) is 4.99 Å². The van der Waals surface area contributed by atoms with Crippen LogP contribution in [0.3, 0.4) is 0 Å². The van der Waals surface area contributed by atoms with Crippen molar-refractivity contribution in [1.82, 2.24) is 10.6 Å². The van der Waals surface area contributed by atoms with E-state index >= 15 is 0 Å². The molecule has 2 aromatic rings. The highest BCUT2D eigenvalue weighted by Gasteiger charge is 2.11. The van der Waals surface area contributed by atoms with Gasteiger partial charge in [-0.1, -0.05) is 42.5 Å². The molecule has 2 N–H and O–H groups in total. The van der Waals surface area contributed by atoms with Crippen LogP contribution >= 0.6 is 0 Å². The number of hydrogen-bond donors (Lipinski definition) is 2. The molecular formula is C21H28FN3O2S. The second-order valence-corrected chi connectivity index (χ2v) is 8.82. The third-order valence-electron chi connectivity index (χ3n) is 4.15. The van der Waals surface area contributed by atoms with E-state index in [-0.39, 0.29) is 17.3 Å². The first-order valence-electron chi connectivity index (χ1n) is 9.41. The normalized spacial score (nSPS) is 12.0. The topological polar surface area (TPSA) is 70.6 Å². The molecule has 0 aliphatic rings. The van der Waals surface area contributed by atoms with Crippen molar-refractivity contribution < 1.29 is 12.8 Å². The lowest BCUT2D eigenvalue weighted by molar-refractivity contribution is 0.591. The van der Waals surface area contributed by atoms with Crippen LogP contribution in [0.2, 0.25) is 0 Å². The van der Waals surface area contributed by atoms with Crippen LogP contribution in [0.4, 0.5) is 4.39 Å². The average Bonchev–Trinajstić information content (AvgIpc) is 2.66. The average molecular weight is 406 g/mol. The minimum Gasteiger partial charge on any atom is -0.357 e. The number of benzene rings is 2. The Bertz CT molecular complexity index is 884. The lowest BCUT2D eigenvalue weighted by Gasteiger charge is -2.11. The van der Waals surface area contributed by atoms with Gasteiger partial charge in [-0.2, -0.15) is 0 Å². The Morgan fingerprint density at radius 1 is 1.07 bits per heavy atom. The smallest absolute Gasteiger partial charge is 0.191 e. The van der Waals surface area contributed by atoms with E-state index in [9.17, 15) is 12.8 Å². The molecule has 0 saturated carbocycles. The summed E-state index contributed by atoms with van der Waals surface area (Å²) in [5.74, 6) is 0.511. The summed E-state index contributed by atoms with van der Waals surface area (Å²) in [7, 11) is -3.15. The third kappa shape index (κ3) is 7.68. The Morgan fingerprint density at radius 3 is 2.50 bits per heavy atom. The van der Waals surface area contributed by atoms with Crippen LogP contribution in [-0.4, -0.2) is 33.2 Å². The summed E-state index contributed by atoms with van der Waals surface area (Å²) in [5, 5.41) is 6.25. The summed E-state index contributed by atoms with van der Waals surface area (Å²) in [5.41, 5.74) is 2.19. The van der Waals surface area contributed by atoms with Gasteiger partial charge in [0.15, 0.2) is 15.8 Å². The Hall–Kier alpha value is -2.41. The van der Waals surface area contributed by atoms with E-state index in [1.807, 2.05) is 43.3 Å². The fourth-order valence-corrected chi connectivity index (χ4v) is 4.07. The first kappa shape index (κ1) is 21.9. The lowest BCUT2D eigenvalue weighted by Crippen LogP contribution is -2.38. The van der Waals surface area contributed by atoms with Crippen molar-refractivity contribution in [3.63, 3.8) is 0 Å². The molecule has 0 spiro atoms. The van der Waals surface area contributed by atoms with Crippen molar-refractivity contribution in [2.45, 2.75) is 32.6 Å². The molecule has 0 atom stereocenters. The molecule has 0 radical (unpaired) electrons. The molecule has 0 fully saturated rings. The number of aliphatic imine (C=N–C) groups is 1. The zero-order valence-electron chi connectivity index (χ0n) is 16.4. The van der Waals surface area contributed by atoms with Gasteiger partial charge in [0.2, 0.25) is 0 Å². The van der Waals surface area contributed by atoms with Crippen LogP contribution < -0.4 is 10.6 Å². The van der Waals surface area contributed by atoms with Gasteiger partial charge in [0.1, 0.15) is 5.82 Å². The molecule has 0 aromatic heterocycles. The van der Waals surface area contributed by atoms with Gasteiger partial charge in [-0.05, 0) is 43.0 Å². The molecule has 28 heavy (non-hydrogen) atoms. The first-order chi connectivity index (χ1) is 13.4. The minimum absolute atomic E-state index is 0.0565. The second kappa shape index (κ2) is 10.8. The molecule has 5 nitrogen and oxygen atoms in total. The Morgan fingerprint density at radius 2 is 1.82 bits per heavy atom. The molecule has 0 bridgehead atoms. The van der Waals surface area contributed by atoms with Crippen LogP contribution in [0.15, 0.2) is 53.5 Å². The predicted molar refractivity (Wildman–Crippen MR) is 113 cm³/mol.